The Morgan fingerprint density at radius 2 is 1.31 bits per heavy atom. The van der Waals surface area contributed by atoms with Gasteiger partial charge in [-0.15, -0.1) is 0 Å². The van der Waals surface area contributed by atoms with Gasteiger partial charge >= 0.3 is 0 Å². The number of benzene rings is 2. The summed E-state index contributed by atoms with van der Waals surface area (Å²) in [6, 6.07) is 16.8. The third-order valence-corrected chi connectivity index (χ3v) is 2.41. The lowest BCUT2D eigenvalue weighted by atomic mass is 10.2. The van der Waals surface area contributed by atoms with Crippen LogP contribution in [0, 0.1) is 5.82 Å². The monoisotopic (exact) mass is 215 g/mol. The van der Waals surface area contributed by atoms with Crippen LogP contribution in [0.1, 0.15) is 11.1 Å². The van der Waals surface area contributed by atoms with Gasteiger partial charge in [0.05, 0.1) is 0 Å². The summed E-state index contributed by atoms with van der Waals surface area (Å²) < 4.78 is 12.7. The number of hydrogen-bond donors (Lipinski definition) is 1. The molecule has 1 N–H and O–H groups in total. The van der Waals surface area contributed by atoms with Crippen molar-refractivity contribution >= 4 is 0 Å². The van der Waals surface area contributed by atoms with Crippen LogP contribution in [0.2, 0.25) is 0 Å². The average molecular weight is 215 g/mol. The standard InChI is InChI=1S/C14H14FN/c15-14-8-6-13(7-9-14)11-16-10-12-4-2-1-3-5-12/h1-9,16H,10-11H2. The zero-order chi connectivity index (χ0) is 11.2. The molecule has 0 amide bonds. The normalized spacial score (nSPS) is 10.3. The predicted octanol–water partition coefficient (Wildman–Crippen LogP) is 3.12. The van der Waals surface area contributed by atoms with Crippen molar-refractivity contribution in [1.29, 1.82) is 0 Å². The van der Waals surface area contributed by atoms with E-state index in [1.165, 1.54) is 17.7 Å². The van der Waals surface area contributed by atoms with Crippen molar-refractivity contribution in [3.8, 4) is 0 Å². The lowest BCUT2D eigenvalue weighted by Gasteiger charge is -2.04. The van der Waals surface area contributed by atoms with E-state index in [4.69, 9.17) is 0 Å². The first kappa shape index (κ1) is 10.8. The Hall–Kier alpha value is -1.67. The maximum atomic E-state index is 12.7. The van der Waals surface area contributed by atoms with Gasteiger partial charge in [0.1, 0.15) is 5.82 Å². The van der Waals surface area contributed by atoms with E-state index < -0.39 is 0 Å². The first-order valence-corrected chi connectivity index (χ1v) is 5.34. The molecule has 2 heteroatoms. The molecular weight excluding hydrogens is 201 g/mol. The number of rotatable bonds is 4. The van der Waals surface area contributed by atoms with E-state index in [0.717, 1.165) is 18.7 Å². The predicted molar refractivity (Wildman–Crippen MR) is 63.4 cm³/mol. The van der Waals surface area contributed by atoms with Crippen molar-refractivity contribution in [3.63, 3.8) is 0 Å². The molecule has 0 unspecified atom stereocenters. The van der Waals surface area contributed by atoms with Crippen LogP contribution in [0.3, 0.4) is 0 Å². The Morgan fingerprint density at radius 1 is 0.750 bits per heavy atom. The van der Waals surface area contributed by atoms with Crippen LogP contribution in [0.25, 0.3) is 0 Å². The molecule has 0 bridgehead atoms. The van der Waals surface area contributed by atoms with Gasteiger partial charge in [0.2, 0.25) is 0 Å². The van der Waals surface area contributed by atoms with E-state index in [1.807, 2.05) is 18.2 Å². The van der Waals surface area contributed by atoms with Gasteiger partial charge in [0, 0.05) is 13.1 Å². The molecule has 2 aromatic rings. The highest BCUT2D eigenvalue weighted by Crippen LogP contribution is 2.03. The molecule has 0 aromatic heterocycles. The van der Waals surface area contributed by atoms with Crippen LogP contribution in [-0.2, 0) is 13.1 Å². The summed E-state index contributed by atoms with van der Waals surface area (Å²) in [7, 11) is 0. The van der Waals surface area contributed by atoms with Crippen molar-refractivity contribution in [2.75, 3.05) is 0 Å². The largest absolute Gasteiger partial charge is 0.309 e. The first-order valence-electron chi connectivity index (χ1n) is 5.34. The Kier molecular flexibility index (Phi) is 3.67. The van der Waals surface area contributed by atoms with Crippen LogP contribution in [0.15, 0.2) is 54.6 Å². The average Bonchev–Trinajstić information content (AvgIpc) is 2.33. The lowest BCUT2D eigenvalue weighted by Crippen LogP contribution is -2.12. The quantitative estimate of drug-likeness (QED) is 0.826. The van der Waals surface area contributed by atoms with Gasteiger partial charge in [0.25, 0.3) is 0 Å². The highest BCUT2D eigenvalue weighted by Gasteiger charge is 1.94. The van der Waals surface area contributed by atoms with Gasteiger partial charge in [-0.2, -0.15) is 0 Å². The molecule has 2 rings (SSSR count). The molecule has 1 nitrogen and oxygen atoms in total. The third-order valence-electron chi connectivity index (χ3n) is 2.41. The Balaban J connectivity index is 1.82. The summed E-state index contributed by atoms with van der Waals surface area (Å²) in [6.07, 6.45) is 0. The zero-order valence-corrected chi connectivity index (χ0v) is 8.99. The molecule has 0 saturated carbocycles. The van der Waals surface area contributed by atoms with E-state index in [1.54, 1.807) is 12.1 Å². The molecule has 16 heavy (non-hydrogen) atoms. The molecule has 0 aliphatic heterocycles. The number of hydrogen-bond acceptors (Lipinski definition) is 1. The van der Waals surface area contributed by atoms with E-state index in [0.29, 0.717) is 0 Å². The molecule has 0 spiro atoms. The topological polar surface area (TPSA) is 12.0 Å². The summed E-state index contributed by atoms with van der Waals surface area (Å²) in [4.78, 5) is 0. The van der Waals surface area contributed by atoms with E-state index in [9.17, 15) is 4.39 Å². The van der Waals surface area contributed by atoms with Crippen molar-refractivity contribution in [2.45, 2.75) is 13.1 Å². The van der Waals surface area contributed by atoms with Crippen LogP contribution < -0.4 is 5.32 Å². The molecule has 0 fully saturated rings. The molecular formula is C14H14FN. The van der Waals surface area contributed by atoms with Gasteiger partial charge in [0.15, 0.2) is 0 Å². The smallest absolute Gasteiger partial charge is 0.123 e. The Labute approximate surface area is 94.9 Å². The molecule has 0 atom stereocenters. The van der Waals surface area contributed by atoms with Crippen LogP contribution in [0.4, 0.5) is 4.39 Å². The van der Waals surface area contributed by atoms with E-state index >= 15 is 0 Å². The second-order valence-corrected chi connectivity index (χ2v) is 3.72. The van der Waals surface area contributed by atoms with Gasteiger partial charge < -0.3 is 5.32 Å². The molecule has 0 saturated heterocycles. The Bertz CT molecular complexity index is 422. The maximum absolute atomic E-state index is 12.7. The summed E-state index contributed by atoms with van der Waals surface area (Å²) in [5.74, 6) is -0.188. The van der Waals surface area contributed by atoms with Crippen molar-refractivity contribution in [1.82, 2.24) is 5.32 Å². The van der Waals surface area contributed by atoms with Crippen LogP contribution >= 0.6 is 0 Å². The second-order valence-electron chi connectivity index (χ2n) is 3.72. The minimum atomic E-state index is -0.188. The highest BCUT2D eigenvalue weighted by molar-refractivity contribution is 5.17. The summed E-state index contributed by atoms with van der Waals surface area (Å²) in [5, 5.41) is 3.31. The molecule has 82 valence electrons. The summed E-state index contributed by atoms with van der Waals surface area (Å²) >= 11 is 0. The van der Waals surface area contributed by atoms with Crippen molar-refractivity contribution in [3.05, 3.63) is 71.5 Å². The maximum Gasteiger partial charge on any atom is 0.123 e. The molecule has 0 aliphatic carbocycles. The van der Waals surface area contributed by atoms with Gasteiger partial charge in [-0.05, 0) is 23.3 Å². The number of nitrogens with one attached hydrogen (secondary N) is 1. The number of halogens is 1. The van der Waals surface area contributed by atoms with Gasteiger partial charge in [-0.25, -0.2) is 4.39 Å². The van der Waals surface area contributed by atoms with E-state index in [2.05, 4.69) is 17.4 Å². The van der Waals surface area contributed by atoms with Crippen molar-refractivity contribution < 1.29 is 4.39 Å². The van der Waals surface area contributed by atoms with Crippen LogP contribution in [-0.4, -0.2) is 0 Å². The van der Waals surface area contributed by atoms with E-state index in [-0.39, 0.29) is 5.82 Å². The fraction of sp³-hybridized carbons (Fsp3) is 0.143. The lowest BCUT2D eigenvalue weighted by molar-refractivity contribution is 0.625. The minimum absolute atomic E-state index is 0.188. The highest BCUT2D eigenvalue weighted by atomic mass is 19.1. The minimum Gasteiger partial charge on any atom is -0.309 e. The molecule has 0 aliphatic rings. The summed E-state index contributed by atoms with van der Waals surface area (Å²) in [5.41, 5.74) is 2.35. The zero-order valence-electron chi connectivity index (χ0n) is 8.99. The molecule has 0 radical (unpaired) electrons. The molecule has 0 heterocycles. The SMILES string of the molecule is Fc1ccc(CNCc2ccccc2)cc1. The fourth-order valence-electron chi connectivity index (χ4n) is 1.55. The van der Waals surface area contributed by atoms with Gasteiger partial charge in [-0.1, -0.05) is 42.5 Å². The van der Waals surface area contributed by atoms with Crippen LogP contribution in [0.5, 0.6) is 0 Å². The third kappa shape index (κ3) is 3.17. The first-order chi connectivity index (χ1) is 7.84. The fourth-order valence-corrected chi connectivity index (χ4v) is 1.55. The van der Waals surface area contributed by atoms with Crippen molar-refractivity contribution in [2.24, 2.45) is 0 Å². The van der Waals surface area contributed by atoms with Gasteiger partial charge in [-0.3, -0.25) is 0 Å². The Morgan fingerprint density at radius 3 is 1.94 bits per heavy atom. The summed E-state index contributed by atoms with van der Waals surface area (Å²) in [6.45, 7) is 1.59. The molecule has 2 aromatic carbocycles. The second kappa shape index (κ2) is 5.42.